The summed E-state index contributed by atoms with van der Waals surface area (Å²) >= 11 is 0. The summed E-state index contributed by atoms with van der Waals surface area (Å²) in [5.74, 6) is 0.884. The molecule has 102 valence electrons. The van der Waals surface area contributed by atoms with Gasteiger partial charge in [0.15, 0.2) is 0 Å². The molecule has 0 amide bonds. The first kappa shape index (κ1) is 15.0. The highest BCUT2D eigenvalue weighted by Crippen LogP contribution is 2.30. The monoisotopic (exact) mass is 240 g/mol. The van der Waals surface area contributed by atoms with Crippen LogP contribution in [0.2, 0.25) is 0 Å². The van der Waals surface area contributed by atoms with Gasteiger partial charge in [-0.05, 0) is 37.6 Å². The molecule has 0 bridgehead atoms. The van der Waals surface area contributed by atoms with Crippen molar-refractivity contribution in [1.29, 1.82) is 0 Å². The smallest absolute Gasteiger partial charge is 0.00702 e. The van der Waals surface area contributed by atoms with Crippen LogP contribution in [0.5, 0.6) is 0 Å². The Labute approximate surface area is 108 Å². The third-order valence-corrected chi connectivity index (χ3v) is 4.15. The number of rotatable bonds is 7. The van der Waals surface area contributed by atoms with Crippen LogP contribution in [0.1, 0.15) is 53.9 Å². The Hall–Kier alpha value is -0.0800. The largest absolute Gasteiger partial charge is 0.316 e. The van der Waals surface area contributed by atoms with Crippen LogP contribution in [0.25, 0.3) is 0 Å². The van der Waals surface area contributed by atoms with Crippen LogP contribution in [0, 0.1) is 11.3 Å². The normalized spacial score (nSPS) is 29.5. The molecule has 0 aliphatic carbocycles. The minimum absolute atomic E-state index is 0.447. The summed E-state index contributed by atoms with van der Waals surface area (Å²) in [6.07, 6.45) is 4.00. The number of hydrogen-bond donors (Lipinski definition) is 1. The Morgan fingerprint density at radius 1 is 1.29 bits per heavy atom. The van der Waals surface area contributed by atoms with Crippen LogP contribution < -0.4 is 5.32 Å². The fourth-order valence-corrected chi connectivity index (χ4v) is 3.35. The van der Waals surface area contributed by atoms with Crippen LogP contribution in [0.15, 0.2) is 0 Å². The van der Waals surface area contributed by atoms with E-state index < -0.39 is 0 Å². The van der Waals surface area contributed by atoms with Crippen molar-refractivity contribution in [3.05, 3.63) is 0 Å². The molecule has 1 fully saturated rings. The molecule has 1 aliphatic rings. The molecule has 0 saturated carbocycles. The SMILES string of the molecule is CCCC(C)(CNCC)CN1CC(C)CC1C. The molecular formula is C15H32N2. The van der Waals surface area contributed by atoms with Gasteiger partial charge in [0.1, 0.15) is 0 Å². The first-order chi connectivity index (χ1) is 8.00. The summed E-state index contributed by atoms with van der Waals surface area (Å²) in [4.78, 5) is 2.71. The van der Waals surface area contributed by atoms with Gasteiger partial charge < -0.3 is 5.32 Å². The summed E-state index contributed by atoms with van der Waals surface area (Å²) in [6.45, 7) is 16.6. The summed E-state index contributed by atoms with van der Waals surface area (Å²) in [5, 5.41) is 3.55. The van der Waals surface area contributed by atoms with E-state index in [1.165, 1.54) is 32.4 Å². The zero-order chi connectivity index (χ0) is 12.9. The standard InChI is InChI=1S/C15H32N2/c1-6-8-15(5,11-16-7-2)12-17-10-13(3)9-14(17)4/h13-14,16H,6-12H2,1-5H3. The molecule has 0 aromatic carbocycles. The molecular weight excluding hydrogens is 208 g/mol. The third kappa shape index (κ3) is 4.59. The van der Waals surface area contributed by atoms with Gasteiger partial charge in [-0.1, -0.05) is 34.1 Å². The van der Waals surface area contributed by atoms with Gasteiger partial charge >= 0.3 is 0 Å². The topological polar surface area (TPSA) is 15.3 Å². The van der Waals surface area contributed by atoms with Gasteiger partial charge in [0, 0.05) is 25.7 Å². The molecule has 0 spiro atoms. The van der Waals surface area contributed by atoms with Crippen molar-refractivity contribution in [3.8, 4) is 0 Å². The zero-order valence-electron chi connectivity index (χ0n) is 12.6. The molecule has 1 rings (SSSR count). The van der Waals surface area contributed by atoms with E-state index in [1.807, 2.05) is 0 Å². The van der Waals surface area contributed by atoms with Crippen LogP contribution in [0.3, 0.4) is 0 Å². The van der Waals surface area contributed by atoms with Crippen molar-refractivity contribution < 1.29 is 0 Å². The number of hydrogen-bond acceptors (Lipinski definition) is 2. The lowest BCUT2D eigenvalue weighted by atomic mass is 9.84. The molecule has 1 aliphatic heterocycles. The molecule has 2 nitrogen and oxygen atoms in total. The number of nitrogens with zero attached hydrogens (tertiary/aromatic N) is 1. The van der Waals surface area contributed by atoms with E-state index in [-0.39, 0.29) is 0 Å². The van der Waals surface area contributed by atoms with Crippen LogP contribution in [0.4, 0.5) is 0 Å². The Balaban J connectivity index is 2.53. The van der Waals surface area contributed by atoms with Crippen molar-refractivity contribution in [3.63, 3.8) is 0 Å². The minimum Gasteiger partial charge on any atom is -0.316 e. The molecule has 0 aromatic rings. The van der Waals surface area contributed by atoms with Gasteiger partial charge in [-0.25, -0.2) is 0 Å². The maximum absolute atomic E-state index is 3.55. The van der Waals surface area contributed by atoms with Gasteiger partial charge in [-0.3, -0.25) is 4.90 Å². The Morgan fingerprint density at radius 2 is 2.00 bits per heavy atom. The van der Waals surface area contributed by atoms with Crippen molar-refractivity contribution >= 4 is 0 Å². The fraction of sp³-hybridized carbons (Fsp3) is 1.00. The molecule has 3 atom stereocenters. The first-order valence-corrected chi connectivity index (χ1v) is 7.45. The van der Waals surface area contributed by atoms with E-state index in [0.29, 0.717) is 5.41 Å². The van der Waals surface area contributed by atoms with E-state index >= 15 is 0 Å². The van der Waals surface area contributed by atoms with Crippen molar-refractivity contribution in [2.45, 2.75) is 59.9 Å². The third-order valence-electron chi connectivity index (χ3n) is 4.15. The van der Waals surface area contributed by atoms with Crippen LogP contribution >= 0.6 is 0 Å². The van der Waals surface area contributed by atoms with E-state index in [2.05, 4.69) is 44.8 Å². The molecule has 1 saturated heterocycles. The average Bonchev–Trinajstić information content (AvgIpc) is 2.55. The average molecular weight is 240 g/mol. The highest BCUT2D eigenvalue weighted by molar-refractivity contribution is 4.87. The Bertz CT molecular complexity index is 217. The molecule has 1 heterocycles. The zero-order valence-corrected chi connectivity index (χ0v) is 12.6. The summed E-state index contributed by atoms with van der Waals surface area (Å²) in [5.41, 5.74) is 0.447. The fourth-order valence-electron chi connectivity index (χ4n) is 3.35. The van der Waals surface area contributed by atoms with Crippen molar-refractivity contribution in [2.75, 3.05) is 26.2 Å². The molecule has 0 aromatic heterocycles. The van der Waals surface area contributed by atoms with E-state index in [4.69, 9.17) is 0 Å². The lowest BCUT2D eigenvalue weighted by Crippen LogP contribution is -2.43. The van der Waals surface area contributed by atoms with Gasteiger partial charge in [0.2, 0.25) is 0 Å². The lowest BCUT2D eigenvalue weighted by Gasteiger charge is -2.36. The second kappa shape index (κ2) is 6.75. The molecule has 2 heteroatoms. The minimum atomic E-state index is 0.447. The molecule has 3 unspecified atom stereocenters. The second-order valence-electron chi connectivity index (χ2n) is 6.46. The molecule has 1 N–H and O–H groups in total. The van der Waals surface area contributed by atoms with Gasteiger partial charge in [0.25, 0.3) is 0 Å². The maximum Gasteiger partial charge on any atom is 0.00702 e. The summed E-state index contributed by atoms with van der Waals surface area (Å²) in [6, 6.07) is 0.780. The van der Waals surface area contributed by atoms with Crippen LogP contribution in [-0.2, 0) is 0 Å². The van der Waals surface area contributed by atoms with Crippen LogP contribution in [-0.4, -0.2) is 37.1 Å². The van der Waals surface area contributed by atoms with Gasteiger partial charge in [-0.2, -0.15) is 0 Å². The quantitative estimate of drug-likeness (QED) is 0.735. The lowest BCUT2D eigenvalue weighted by molar-refractivity contribution is 0.143. The van der Waals surface area contributed by atoms with E-state index in [0.717, 1.165) is 25.0 Å². The molecule has 17 heavy (non-hydrogen) atoms. The van der Waals surface area contributed by atoms with E-state index in [9.17, 15) is 0 Å². The number of nitrogens with one attached hydrogen (secondary N) is 1. The first-order valence-electron chi connectivity index (χ1n) is 7.45. The Morgan fingerprint density at radius 3 is 2.47 bits per heavy atom. The predicted octanol–water partition coefficient (Wildman–Crippen LogP) is 3.13. The molecule has 0 radical (unpaired) electrons. The summed E-state index contributed by atoms with van der Waals surface area (Å²) in [7, 11) is 0. The summed E-state index contributed by atoms with van der Waals surface area (Å²) < 4.78 is 0. The highest BCUT2D eigenvalue weighted by Gasteiger charge is 2.32. The maximum atomic E-state index is 3.55. The van der Waals surface area contributed by atoms with Gasteiger partial charge in [-0.15, -0.1) is 0 Å². The van der Waals surface area contributed by atoms with E-state index in [1.54, 1.807) is 0 Å². The van der Waals surface area contributed by atoms with Crippen molar-refractivity contribution in [1.82, 2.24) is 10.2 Å². The highest BCUT2D eigenvalue weighted by atomic mass is 15.2. The predicted molar refractivity (Wildman–Crippen MR) is 76.4 cm³/mol. The van der Waals surface area contributed by atoms with Crippen molar-refractivity contribution in [2.24, 2.45) is 11.3 Å². The second-order valence-corrected chi connectivity index (χ2v) is 6.46. The Kier molecular flexibility index (Phi) is 5.94. The number of likely N-dealkylation sites (tertiary alicyclic amines) is 1. The van der Waals surface area contributed by atoms with Gasteiger partial charge in [0.05, 0.1) is 0 Å².